The van der Waals surface area contributed by atoms with Crippen molar-refractivity contribution in [3.63, 3.8) is 0 Å². The molecule has 6 atom stereocenters. The molecule has 4 aliphatic rings. The van der Waals surface area contributed by atoms with Crippen molar-refractivity contribution < 1.29 is 85.9 Å². The van der Waals surface area contributed by atoms with Gasteiger partial charge in [-0.1, -0.05) is 10.3 Å². The van der Waals surface area contributed by atoms with Crippen LogP contribution in [-0.2, 0) is 76.3 Å². The molecule has 0 bridgehead atoms. The first-order valence-electron chi connectivity index (χ1n) is 21.9. The molecule has 2 fully saturated rings. The third-order valence-electron chi connectivity index (χ3n) is 9.75. The van der Waals surface area contributed by atoms with Crippen LogP contribution in [0.1, 0.15) is 52.9 Å². The number of nitrogens with zero attached hydrogens (tertiary/aromatic N) is 6. The largest absolute Gasteiger partial charge is 0.511 e. The maximum Gasteiger partial charge on any atom is 0.511 e. The summed E-state index contributed by atoms with van der Waals surface area (Å²) >= 11 is 4.89. The van der Waals surface area contributed by atoms with E-state index in [4.69, 9.17) is 59.0 Å². The Morgan fingerprint density at radius 2 is 0.986 bits per heavy atom. The first-order chi connectivity index (χ1) is 35.1. The maximum absolute atomic E-state index is 13.1. The van der Waals surface area contributed by atoms with E-state index in [0.29, 0.717) is 22.7 Å². The Hall–Kier alpha value is -6.74. The monoisotopic (exact) mass is 1110 g/mol. The number of carbonyl (C=O) groups is 8. The van der Waals surface area contributed by atoms with Crippen LogP contribution in [-0.4, -0.2) is 180 Å². The number of nitrogens with one attached hydrogen (secondary N) is 2. The zero-order valence-corrected chi connectivity index (χ0v) is 44.7. The molecule has 6 rings (SSSR count). The molecule has 0 aromatic carbocycles. The molecule has 2 saturated heterocycles. The Labute approximate surface area is 439 Å². The fourth-order valence-electron chi connectivity index (χ4n) is 6.89. The minimum absolute atomic E-state index is 0.0353. The summed E-state index contributed by atoms with van der Waals surface area (Å²) in [4.78, 5) is 122. The summed E-state index contributed by atoms with van der Waals surface area (Å²) in [5, 5.41) is 15.0. The summed E-state index contributed by atoms with van der Waals surface area (Å²) in [6.07, 6.45) is -5.42. The highest BCUT2D eigenvalue weighted by molar-refractivity contribution is 8.00. The number of methoxy groups -OCH3 is 2. The number of hydrogen-bond acceptors (Lipinski definition) is 28. The highest BCUT2D eigenvalue weighted by Gasteiger charge is 2.56. The van der Waals surface area contributed by atoms with Gasteiger partial charge in [0.1, 0.15) is 59.8 Å². The number of anilines is 2. The van der Waals surface area contributed by atoms with Gasteiger partial charge in [0.2, 0.25) is 12.6 Å². The molecule has 2 aromatic heterocycles. The lowest BCUT2D eigenvalue weighted by atomic mass is 10.0. The SMILES string of the molecule is COCC1=C(C(=O)OC(C)OC(=O)OC(C)C)N2C(=O)C(NC(=O)/C(=N/OC)c3csc(N)n3)C2SC1.COCC1=C(C(=O)OC(C)OC(=O)OC(C)C)N2C(=O)C(NC(=O)/C(=N\OC)c3csc(N)n3)C2SC1. The van der Waals surface area contributed by atoms with Gasteiger partial charge in [-0.2, -0.15) is 0 Å². The van der Waals surface area contributed by atoms with Gasteiger partial charge in [0, 0.05) is 50.3 Å². The van der Waals surface area contributed by atoms with E-state index >= 15 is 0 Å². The summed E-state index contributed by atoms with van der Waals surface area (Å²) in [5.74, 6) is -3.63. The number of thiazole rings is 2. The molecule has 0 aliphatic carbocycles. The van der Waals surface area contributed by atoms with Gasteiger partial charge in [-0.15, -0.1) is 46.2 Å². The molecule has 6 unspecified atom stereocenters. The standard InChI is InChI=1S/2C21H27N5O9S2/c2*1-9(2)33-21(30)35-10(3)34-19(29)15-11(6-31-4)7-36-18-14(17(28)26(15)18)24-16(27)13(25-32-5)12-8-37-20(22)23-12/h2*8-10,14,18H,6-7H2,1-5H3,(H2,22,23)(H,24,27)/b25-13+;25-13-. The van der Waals surface area contributed by atoms with E-state index < -0.39 is 95.5 Å². The van der Waals surface area contributed by atoms with E-state index in [-0.39, 0.29) is 57.7 Å². The smallest absolute Gasteiger partial charge is 0.431 e. The van der Waals surface area contributed by atoms with Crippen molar-refractivity contribution in [1.82, 2.24) is 30.4 Å². The minimum atomic E-state index is -1.28. The fourth-order valence-corrected chi connectivity index (χ4v) is 10.6. The van der Waals surface area contributed by atoms with E-state index in [1.165, 1.54) is 86.4 Å². The number of nitrogen functional groups attached to an aromatic ring is 2. The predicted molar refractivity (Wildman–Crippen MR) is 265 cm³/mol. The number of rotatable bonds is 20. The van der Waals surface area contributed by atoms with E-state index in [2.05, 4.69) is 30.9 Å². The van der Waals surface area contributed by atoms with E-state index in [9.17, 15) is 38.4 Å². The van der Waals surface area contributed by atoms with Crippen molar-refractivity contribution >= 4 is 116 Å². The van der Waals surface area contributed by atoms with Gasteiger partial charge in [-0.05, 0) is 38.8 Å². The summed E-state index contributed by atoms with van der Waals surface area (Å²) in [7, 11) is 5.43. The second kappa shape index (κ2) is 26.5. The van der Waals surface area contributed by atoms with Crippen molar-refractivity contribution in [2.24, 2.45) is 10.3 Å². The highest BCUT2D eigenvalue weighted by Crippen LogP contribution is 2.42. The number of esters is 2. The molecule has 28 nitrogen and oxygen atoms in total. The van der Waals surface area contributed by atoms with Gasteiger partial charge in [0.15, 0.2) is 21.7 Å². The third kappa shape index (κ3) is 14.3. The number of thioether (sulfide) groups is 2. The Kier molecular flexibility index (Phi) is 20.8. The van der Waals surface area contributed by atoms with Crippen molar-refractivity contribution in [2.75, 3.05) is 64.6 Å². The quantitative estimate of drug-likeness (QED) is 0.0366. The van der Waals surface area contributed by atoms with Crippen LogP contribution < -0.4 is 22.1 Å². The van der Waals surface area contributed by atoms with Crippen molar-refractivity contribution in [3.05, 3.63) is 44.7 Å². The topological polar surface area (TPSA) is 362 Å². The number of ether oxygens (including phenoxy) is 8. The van der Waals surface area contributed by atoms with Gasteiger partial charge in [-0.25, -0.2) is 29.1 Å². The van der Waals surface area contributed by atoms with E-state index in [0.717, 1.165) is 22.7 Å². The van der Waals surface area contributed by atoms with E-state index in [1.807, 2.05) is 0 Å². The average molecular weight is 1120 g/mol. The number of carbonyl (C=O) groups excluding carboxylic acids is 8. The number of amides is 4. The zero-order valence-electron chi connectivity index (χ0n) is 41.4. The summed E-state index contributed by atoms with van der Waals surface area (Å²) in [6.45, 7) is 9.36. The van der Waals surface area contributed by atoms with Crippen LogP contribution in [0.25, 0.3) is 0 Å². The molecule has 0 spiro atoms. The molecule has 6 heterocycles. The molecular weight excluding hydrogens is 1060 g/mol. The Morgan fingerprint density at radius 3 is 1.28 bits per heavy atom. The molecule has 404 valence electrons. The highest BCUT2D eigenvalue weighted by atomic mass is 32.2. The third-order valence-corrected chi connectivity index (χ3v) is 13.8. The van der Waals surface area contributed by atoms with Gasteiger partial charge < -0.3 is 69.7 Å². The fraction of sp³-hybridized carbons (Fsp3) is 0.524. The van der Waals surface area contributed by atoms with Gasteiger partial charge in [-0.3, -0.25) is 29.0 Å². The van der Waals surface area contributed by atoms with Crippen LogP contribution in [0.2, 0.25) is 0 Å². The number of hydrogen-bond donors (Lipinski definition) is 4. The van der Waals surface area contributed by atoms with Crippen LogP contribution in [0, 0.1) is 0 Å². The molecule has 0 saturated carbocycles. The first kappa shape index (κ1) is 58.2. The summed E-state index contributed by atoms with van der Waals surface area (Å²) < 4.78 is 40.5. The average Bonchev–Trinajstić information content (AvgIpc) is 3.97. The van der Waals surface area contributed by atoms with Crippen molar-refractivity contribution in [1.29, 1.82) is 0 Å². The van der Waals surface area contributed by atoms with Crippen LogP contribution >= 0.6 is 46.2 Å². The second-order valence-electron chi connectivity index (χ2n) is 15.9. The minimum Gasteiger partial charge on any atom is -0.431 e. The zero-order chi connectivity index (χ0) is 54.6. The lowest BCUT2D eigenvalue weighted by Gasteiger charge is -2.49. The van der Waals surface area contributed by atoms with Gasteiger partial charge in [0.25, 0.3) is 23.6 Å². The number of β-lactam (4-membered cyclic amide) rings is 2. The Morgan fingerprint density at radius 1 is 0.622 bits per heavy atom. The molecule has 2 aromatic rings. The Bertz CT molecular complexity index is 2410. The molecule has 32 heteroatoms. The van der Waals surface area contributed by atoms with Crippen LogP contribution in [0.5, 0.6) is 0 Å². The molecular formula is C42H54N10O18S4. The van der Waals surface area contributed by atoms with Crippen LogP contribution in [0.3, 0.4) is 0 Å². The summed E-state index contributed by atoms with van der Waals surface area (Å²) in [6, 6.07) is -1.92. The normalized spacial score (nSPS) is 20.1. The number of fused-ring (bicyclic) bond motifs is 2. The maximum atomic E-state index is 13.1. The lowest BCUT2D eigenvalue weighted by Crippen LogP contribution is -2.71. The van der Waals surface area contributed by atoms with Crippen molar-refractivity contribution in [2.45, 2.75) is 89.2 Å². The van der Waals surface area contributed by atoms with Crippen LogP contribution in [0.4, 0.5) is 19.9 Å². The molecule has 0 radical (unpaired) electrons. The molecule has 4 amide bonds. The van der Waals surface area contributed by atoms with Crippen molar-refractivity contribution in [3.8, 4) is 0 Å². The number of aromatic nitrogens is 2. The summed E-state index contributed by atoms with van der Waals surface area (Å²) in [5.41, 5.74) is 12.3. The predicted octanol–water partition coefficient (Wildman–Crippen LogP) is 1.65. The second-order valence-corrected chi connectivity index (χ2v) is 19.9. The van der Waals surface area contributed by atoms with E-state index in [1.54, 1.807) is 27.7 Å². The van der Waals surface area contributed by atoms with Gasteiger partial charge in [0.05, 0.1) is 25.4 Å². The number of oxime groups is 2. The van der Waals surface area contributed by atoms with Crippen LogP contribution in [0.15, 0.2) is 43.6 Å². The lowest BCUT2D eigenvalue weighted by molar-refractivity contribution is -0.170. The molecule has 6 N–H and O–H groups in total. The molecule has 4 aliphatic heterocycles. The number of nitrogens with two attached hydrogens (primary N) is 2. The Balaban J connectivity index is 0.000000274. The van der Waals surface area contributed by atoms with Gasteiger partial charge >= 0.3 is 24.2 Å². The molecule has 74 heavy (non-hydrogen) atoms. The first-order valence-corrected chi connectivity index (χ1v) is 25.7.